The third-order valence-corrected chi connectivity index (χ3v) is 3.94. The minimum atomic E-state index is -0.855. The number of hydrogen-bond donors (Lipinski definition) is 2. The van der Waals surface area contributed by atoms with E-state index >= 15 is 0 Å². The van der Waals surface area contributed by atoms with E-state index in [-0.39, 0.29) is 30.3 Å². The molecule has 1 atom stereocenters. The van der Waals surface area contributed by atoms with E-state index < -0.39 is 16.9 Å². The summed E-state index contributed by atoms with van der Waals surface area (Å²) in [5, 5.41) is 22.6. The first kappa shape index (κ1) is 20.1. The van der Waals surface area contributed by atoms with Gasteiger partial charge in [-0.3, -0.25) is 19.7 Å². The van der Waals surface area contributed by atoms with Gasteiger partial charge in [0, 0.05) is 30.8 Å². The number of nitrogens with zero attached hydrogens (tertiary/aromatic N) is 2. The molecule has 2 aromatic carbocycles. The Morgan fingerprint density at radius 1 is 1.19 bits per heavy atom. The Labute approximate surface area is 156 Å². The molecule has 0 fully saturated rings. The lowest BCUT2D eigenvalue weighted by atomic mass is 10.1. The van der Waals surface area contributed by atoms with Crippen molar-refractivity contribution in [3.63, 3.8) is 0 Å². The molecule has 2 rings (SSSR count). The fraction of sp³-hybridized carbons (Fsp3) is 0.263. The Bertz CT molecular complexity index is 810. The predicted molar refractivity (Wildman–Crippen MR) is 99.0 cm³/mol. The van der Waals surface area contributed by atoms with Crippen LogP contribution in [0.3, 0.4) is 0 Å². The Hall–Kier alpha value is -3.26. The molecular formula is C19H21N3O5. The molecule has 0 saturated heterocycles. The van der Waals surface area contributed by atoms with Gasteiger partial charge in [-0.1, -0.05) is 36.4 Å². The van der Waals surface area contributed by atoms with Crippen LogP contribution in [-0.4, -0.2) is 45.9 Å². The van der Waals surface area contributed by atoms with Gasteiger partial charge in [0.2, 0.25) is 5.91 Å². The summed E-state index contributed by atoms with van der Waals surface area (Å²) in [7, 11) is 0. The molecule has 0 heterocycles. The fourth-order valence-corrected chi connectivity index (χ4v) is 2.57. The van der Waals surface area contributed by atoms with Gasteiger partial charge in [-0.25, -0.2) is 0 Å². The Balaban J connectivity index is 2.06. The number of nitrogens with one attached hydrogen (secondary N) is 1. The molecule has 27 heavy (non-hydrogen) atoms. The zero-order valence-corrected chi connectivity index (χ0v) is 14.9. The summed E-state index contributed by atoms with van der Waals surface area (Å²) in [4.78, 5) is 36.7. The van der Waals surface area contributed by atoms with Crippen molar-refractivity contribution in [3.8, 4) is 0 Å². The van der Waals surface area contributed by atoms with Crippen molar-refractivity contribution < 1.29 is 19.6 Å². The zero-order chi connectivity index (χ0) is 19.8. The van der Waals surface area contributed by atoms with E-state index in [1.807, 2.05) is 30.3 Å². The Kier molecular flexibility index (Phi) is 7.01. The summed E-state index contributed by atoms with van der Waals surface area (Å²) in [6, 6.07) is 13.7. The number of aliphatic hydroxyl groups excluding tert-OH is 1. The van der Waals surface area contributed by atoms with Gasteiger partial charge in [-0.2, -0.15) is 0 Å². The third kappa shape index (κ3) is 5.61. The highest BCUT2D eigenvalue weighted by atomic mass is 16.6. The van der Waals surface area contributed by atoms with Gasteiger partial charge in [-0.15, -0.1) is 0 Å². The monoisotopic (exact) mass is 371 g/mol. The number of nitro groups is 1. The van der Waals surface area contributed by atoms with E-state index in [2.05, 4.69) is 5.32 Å². The number of non-ortho nitro benzene ring substituents is 1. The molecule has 2 aromatic rings. The number of rotatable bonds is 8. The quantitative estimate of drug-likeness (QED) is 0.542. The van der Waals surface area contributed by atoms with Crippen LogP contribution >= 0.6 is 0 Å². The maximum atomic E-state index is 12.7. The van der Waals surface area contributed by atoms with Gasteiger partial charge >= 0.3 is 0 Å². The van der Waals surface area contributed by atoms with Crippen LogP contribution in [0.1, 0.15) is 22.8 Å². The molecule has 0 aliphatic carbocycles. The van der Waals surface area contributed by atoms with Gasteiger partial charge in [-0.05, 0) is 18.6 Å². The van der Waals surface area contributed by atoms with Crippen LogP contribution in [0.25, 0.3) is 0 Å². The lowest BCUT2D eigenvalue weighted by Gasteiger charge is -2.25. The van der Waals surface area contributed by atoms with Gasteiger partial charge < -0.3 is 15.3 Å². The largest absolute Gasteiger partial charge is 0.395 e. The van der Waals surface area contributed by atoms with Crippen molar-refractivity contribution >= 4 is 17.5 Å². The minimum absolute atomic E-state index is 0.0978. The molecule has 0 saturated carbocycles. The first-order valence-corrected chi connectivity index (χ1v) is 8.41. The molecule has 0 radical (unpaired) electrons. The second-order valence-corrected chi connectivity index (χ2v) is 5.97. The van der Waals surface area contributed by atoms with E-state index in [4.69, 9.17) is 0 Å². The van der Waals surface area contributed by atoms with E-state index in [0.717, 1.165) is 11.6 Å². The lowest BCUT2D eigenvalue weighted by molar-refractivity contribution is -0.384. The Morgan fingerprint density at radius 2 is 1.89 bits per heavy atom. The van der Waals surface area contributed by atoms with E-state index in [9.17, 15) is 24.8 Å². The highest BCUT2D eigenvalue weighted by molar-refractivity contribution is 5.97. The van der Waals surface area contributed by atoms with Crippen molar-refractivity contribution in [1.29, 1.82) is 0 Å². The van der Waals surface area contributed by atoms with Crippen LogP contribution in [0.15, 0.2) is 54.6 Å². The summed E-state index contributed by atoms with van der Waals surface area (Å²) < 4.78 is 0. The van der Waals surface area contributed by atoms with Gasteiger partial charge in [0.25, 0.3) is 11.6 Å². The third-order valence-electron chi connectivity index (χ3n) is 3.94. The SMILES string of the molecule is CC(NC(=O)c1cccc([N+](=O)[O-])c1)C(=O)N(CCO)Cc1ccccc1. The van der Waals surface area contributed by atoms with Gasteiger partial charge in [0.05, 0.1) is 11.5 Å². The van der Waals surface area contributed by atoms with Crippen molar-refractivity contribution in [2.75, 3.05) is 13.2 Å². The summed E-state index contributed by atoms with van der Waals surface area (Å²) in [5.74, 6) is -0.935. The number of aliphatic hydroxyl groups is 1. The molecule has 0 aliphatic rings. The number of benzene rings is 2. The number of hydrogen-bond acceptors (Lipinski definition) is 5. The van der Waals surface area contributed by atoms with Crippen LogP contribution in [0.5, 0.6) is 0 Å². The molecule has 0 spiro atoms. The average molecular weight is 371 g/mol. The van der Waals surface area contributed by atoms with Crippen molar-refractivity contribution in [2.24, 2.45) is 0 Å². The first-order chi connectivity index (χ1) is 12.9. The van der Waals surface area contributed by atoms with Crippen molar-refractivity contribution in [1.82, 2.24) is 10.2 Å². The second-order valence-electron chi connectivity index (χ2n) is 5.97. The first-order valence-electron chi connectivity index (χ1n) is 8.41. The maximum Gasteiger partial charge on any atom is 0.270 e. The smallest absolute Gasteiger partial charge is 0.270 e. The van der Waals surface area contributed by atoms with E-state index in [0.29, 0.717) is 6.54 Å². The molecule has 142 valence electrons. The molecule has 1 unspecified atom stereocenters. The van der Waals surface area contributed by atoms with Crippen LogP contribution < -0.4 is 5.32 Å². The molecule has 2 N–H and O–H groups in total. The highest BCUT2D eigenvalue weighted by Gasteiger charge is 2.23. The minimum Gasteiger partial charge on any atom is -0.395 e. The second kappa shape index (κ2) is 9.44. The molecule has 8 nitrogen and oxygen atoms in total. The molecule has 0 aromatic heterocycles. The van der Waals surface area contributed by atoms with E-state index in [1.54, 1.807) is 0 Å². The van der Waals surface area contributed by atoms with Crippen LogP contribution in [0, 0.1) is 10.1 Å². The highest BCUT2D eigenvalue weighted by Crippen LogP contribution is 2.13. The maximum absolute atomic E-state index is 12.7. The standard InChI is InChI=1S/C19H21N3O5/c1-14(20-18(24)16-8-5-9-17(12-16)22(26)27)19(25)21(10-11-23)13-15-6-3-2-4-7-15/h2-9,12,14,23H,10-11,13H2,1H3,(H,20,24). The van der Waals surface area contributed by atoms with Gasteiger partial charge in [0.15, 0.2) is 0 Å². The fourth-order valence-electron chi connectivity index (χ4n) is 2.57. The molecule has 0 aliphatic heterocycles. The Morgan fingerprint density at radius 3 is 2.52 bits per heavy atom. The van der Waals surface area contributed by atoms with Crippen LogP contribution in [0.4, 0.5) is 5.69 Å². The average Bonchev–Trinajstić information content (AvgIpc) is 2.67. The van der Waals surface area contributed by atoms with Crippen molar-refractivity contribution in [2.45, 2.75) is 19.5 Å². The zero-order valence-electron chi connectivity index (χ0n) is 14.9. The molecule has 8 heteroatoms. The summed E-state index contributed by atoms with van der Waals surface area (Å²) in [6.07, 6.45) is 0. The van der Waals surface area contributed by atoms with Crippen molar-refractivity contribution in [3.05, 3.63) is 75.8 Å². The van der Waals surface area contributed by atoms with Gasteiger partial charge in [0.1, 0.15) is 6.04 Å². The summed E-state index contributed by atoms with van der Waals surface area (Å²) in [6.45, 7) is 1.76. The predicted octanol–water partition coefficient (Wildman–Crippen LogP) is 1.73. The number of carbonyl (C=O) groups excluding carboxylic acids is 2. The summed E-state index contributed by atoms with van der Waals surface area (Å²) in [5.41, 5.74) is 0.796. The number of nitro benzene ring substituents is 1. The van der Waals surface area contributed by atoms with Crippen LogP contribution in [0.2, 0.25) is 0 Å². The topological polar surface area (TPSA) is 113 Å². The normalized spacial score (nSPS) is 11.5. The van der Waals surface area contributed by atoms with Crippen LogP contribution in [-0.2, 0) is 11.3 Å². The summed E-state index contributed by atoms with van der Waals surface area (Å²) >= 11 is 0. The molecule has 2 amide bonds. The number of carbonyl (C=O) groups is 2. The van der Waals surface area contributed by atoms with E-state index in [1.165, 1.54) is 30.0 Å². The molecule has 0 bridgehead atoms. The number of amides is 2. The lowest BCUT2D eigenvalue weighted by Crippen LogP contribution is -2.47. The molecular weight excluding hydrogens is 350 g/mol.